The fourth-order valence-electron chi connectivity index (χ4n) is 3.11. The molecule has 148 valence electrons. The molecule has 0 atom stereocenters. The normalized spacial score (nSPS) is 13.9. The van der Waals surface area contributed by atoms with Crippen LogP contribution in [0.25, 0.3) is 0 Å². The lowest BCUT2D eigenvalue weighted by molar-refractivity contribution is 0.0526. The minimum absolute atomic E-state index is 0.168. The third kappa shape index (κ3) is 4.79. The maximum Gasteiger partial charge on any atom is 0.338 e. The topological polar surface area (TPSA) is 61.9 Å². The van der Waals surface area contributed by atoms with E-state index in [1.807, 2.05) is 12.1 Å². The molecule has 2 amide bonds. The Hall–Kier alpha value is -3.09. The predicted molar refractivity (Wildman–Crippen MR) is 105 cm³/mol. The molecule has 1 aliphatic rings. The zero-order chi connectivity index (χ0) is 19.9. The molecule has 0 aliphatic carbocycles. The summed E-state index contributed by atoms with van der Waals surface area (Å²) in [5, 5.41) is 2.77. The van der Waals surface area contributed by atoms with Crippen LogP contribution in [0, 0.1) is 5.82 Å². The Balaban J connectivity index is 1.49. The van der Waals surface area contributed by atoms with Crippen LogP contribution in [0.2, 0.25) is 0 Å². The number of esters is 1. The Labute approximate surface area is 163 Å². The number of ether oxygens (including phenoxy) is 1. The van der Waals surface area contributed by atoms with Crippen LogP contribution >= 0.6 is 0 Å². The van der Waals surface area contributed by atoms with Crippen molar-refractivity contribution in [2.45, 2.75) is 13.5 Å². The molecular formula is C21H24FN3O3. The Bertz CT molecular complexity index is 818. The molecule has 1 saturated heterocycles. The molecule has 2 aromatic rings. The Morgan fingerprint density at radius 3 is 2.36 bits per heavy atom. The number of nitrogens with one attached hydrogen (secondary N) is 1. The molecule has 1 fully saturated rings. The van der Waals surface area contributed by atoms with Gasteiger partial charge in [0.2, 0.25) is 0 Å². The van der Waals surface area contributed by atoms with Crippen LogP contribution in [0.4, 0.5) is 14.9 Å². The molecule has 0 aromatic heterocycles. The van der Waals surface area contributed by atoms with Crippen molar-refractivity contribution >= 4 is 17.7 Å². The molecule has 1 aliphatic heterocycles. The lowest BCUT2D eigenvalue weighted by Gasteiger charge is -2.36. The van der Waals surface area contributed by atoms with E-state index in [-0.39, 0.29) is 24.4 Å². The average Bonchev–Trinajstić information content (AvgIpc) is 2.73. The van der Waals surface area contributed by atoms with E-state index in [0.29, 0.717) is 43.9 Å². The lowest BCUT2D eigenvalue weighted by Crippen LogP contribution is -2.51. The Morgan fingerprint density at radius 2 is 1.71 bits per heavy atom. The lowest BCUT2D eigenvalue weighted by atomic mass is 10.2. The maximum atomic E-state index is 13.6. The fourth-order valence-corrected chi connectivity index (χ4v) is 3.11. The number of piperazine rings is 1. The first kappa shape index (κ1) is 19.7. The number of carbonyl (C=O) groups is 2. The zero-order valence-electron chi connectivity index (χ0n) is 15.9. The van der Waals surface area contributed by atoms with Gasteiger partial charge in [-0.05, 0) is 37.3 Å². The number of amides is 2. The summed E-state index contributed by atoms with van der Waals surface area (Å²) in [6.45, 7) is 4.81. The van der Waals surface area contributed by atoms with E-state index in [9.17, 15) is 14.0 Å². The molecule has 0 bridgehead atoms. The summed E-state index contributed by atoms with van der Waals surface area (Å²) in [6, 6.07) is 13.5. The van der Waals surface area contributed by atoms with Gasteiger partial charge in [-0.2, -0.15) is 0 Å². The van der Waals surface area contributed by atoms with Crippen molar-refractivity contribution in [3.63, 3.8) is 0 Å². The van der Waals surface area contributed by atoms with Gasteiger partial charge in [0.25, 0.3) is 0 Å². The van der Waals surface area contributed by atoms with Crippen molar-refractivity contribution in [1.82, 2.24) is 10.2 Å². The second kappa shape index (κ2) is 9.21. The SMILES string of the molecule is CCOC(=O)c1ccc(N2CCN(C(=O)NCc3ccccc3F)CC2)cc1. The van der Waals surface area contributed by atoms with Crippen molar-refractivity contribution in [1.29, 1.82) is 0 Å². The Morgan fingerprint density at radius 1 is 1.04 bits per heavy atom. The van der Waals surface area contributed by atoms with Crippen molar-refractivity contribution in [3.05, 3.63) is 65.5 Å². The molecule has 0 spiro atoms. The summed E-state index contributed by atoms with van der Waals surface area (Å²) in [5.74, 6) is -0.649. The van der Waals surface area contributed by atoms with E-state index in [1.54, 1.807) is 42.2 Å². The fraction of sp³-hybridized carbons (Fsp3) is 0.333. The number of hydrogen-bond acceptors (Lipinski definition) is 4. The summed E-state index contributed by atoms with van der Waals surface area (Å²) in [7, 11) is 0. The number of hydrogen-bond donors (Lipinski definition) is 1. The van der Waals surface area contributed by atoms with Crippen LogP contribution in [-0.2, 0) is 11.3 Å². The summed E-state index contributed by atoms with van der Waals surface area (Å²) in [6.07, 6.45) is 0. The number of nitrogens with zero attached hydrogens (tertiary/aromatic N) is 2. The van der Waals surface area contributed by atoms with Crippen molar-refractivity contribution < 1.29 is 18.7 Å². The van der Waals surface area contributed by atoms with Gasteiger partial charge in [-0.15, -0.1) is 0 Å². The van der Waals surface area contributed by atoms with Crippen LogP contribution in [0.3, 0.4) is 0 Å². The highest BCUT2D eigenvalue weighted by atomic mass is 19.1. The van der Waals surface area contributed by atoms with Gasteiger partial charge in [0.1, 0.15) is 5.82 Å². The smallest absolute Gasteiger partial charge is 0.338 e. The minimum Gasteiger partial charge on any atom is -0.462 e. The van der Waals surface area contributed by atoms with E-state index < -0.39 is 0 Å². The molecule has 28 heavy (non-hydrogen) atoms. The van der Waals surface area contributed by atoms with Gasteiger partial charge in [0, 0.05) is 44.0 Å². The van der Waals surface area contributed by atoms with Crippen LogP contribution in [0.15, 0.2) is 48.5 Å². The highest BCUT2D eigenvalue weighted by Gasteiger charge is 2.21. The van der Waals surface area contributed by atoms with Crippen LogP contribution < -0.4 is 10.2 Å². The van der Waals surface area contributed by atoms with E-state index in [0.717, 1.165) is 5.69 Å². The van der Waals surface area contributed by atoms with Gasteiger partial charge in [0.15, 0.2) is 0 Å². The molecule has 1 heterocycles. The van der Waals surface area contributed by atoms with Gasteiger partial charge in [-0.25, -0.2) is 14.0 Å². The number of halogens is 1. The van der Waals surface area contributed by atoms with Gasteiger partial charge in [-0.3, -0.25) is 0 Å². The molecule has 3 rings (SSSR count). The molecule has 6 nitrogen and oxygen atoms in total. The quantitative estimate of drug-likeness (QED) is 0.804. The predicted octanol–water partition coefficient (Wildman–Crippen LogP) is 3.03. The standard InChI is InChI=1S/C21H24FN3O3/c1-2-28-20(26)16-7-9-18(10-8-16)24-11-13-25(14-12-24)21(27)23-15-17-5-3-4-6-19(17)22/h3-10H,2,11-15H2,1H3,(H,23,27). The molecular weight excluding hydrogens is 361 g/mol. The molecule has 0 saturated carbocycles. The zero-order valence-corrected chi connectivity index (χ0v) is 15.9. The van der Waals surface area contributed by atoms with Gasteiger partial charge >= 0.3 is 12.0 Å². The summed E-state index contributed by atoms with van der Waals surface area (Å²) in [4.78, 5) is 27.9. The highest BCUT2D eigenvalue weighted by molar-refractivity contribution is 5.89. The molecule has 7 heteroatoms. The first-order chi connectivity index (χ1) is 13.6. The van der Waals surface area contributed by atoms with E-state index >= 15 is 0 Å². The average molecular weight is 385 g/mol. The van der Waals surface area contributed by atoms with Crippen molar-refractivity contribution in [2.24, 2.45) is 0 Å². The second-order valence-corrected chi connectivity index (χ2v) is 6.49. The first-order valence-electron chi connectivity index (χ1n) is 9.37. The third-order valence-electron chi connectivity index (χ3n) is 4.70. The van der Waals surface area contributed by atoms with Crippen molar-refractivity contribution in [2.75, 3.05) is 37.7 Å². The molecule has 1 N–H and O–H groups in total. The summed E-state index contributed by atoms with van der Waals surface area (Å²) < 4.78 is 18.6. The van der Waals surface area contributed by atoms with Gasteiger partial charge in [-0.1, -0.05) is 18.2 Å². The van der Waals surface area contributed by atoms with E-state index in [1.165, 1.54) is 6.07 Å². The van der Waals surface area contributed by atoms with Gasteiger partial charge < -0.3 is 19.9 Å². The van der Waals surface area contributed by atoms with Crippen LogP contribution in [0.1, 0.15) is 22.8 Å². The highest BCUT2D eigenvalue weighted by Crippen LogP contribution is 2.18. The number of carbonyl (C=O) groups excluding carboxylic acids is 2. The molecule has 2 aromatic carbocycles. The molecule has 0 unspecified atom stereocenters. The first-order valence-corrected chi connectivity index (χ1v) is 9.37. The largest absolute Gasteiger partial charge is 0.462 e. The monoisotopic (exact) mass is 385 g/mol. The summed E-state index contributed by atoms with van der Waals surface area (Å²) in [5.41, 5.74) is 1.99. The number of anilines is 1. The van der Waals surface area contributed by atoms with E-state index in [2.05, 4.69) is 10.2 Å². The van der Waals surface area contributed by atoms with Crippen molar-refractivity contribution in [3.8, 4) is 0 Å². The number of urea groups is 1. The molecule has 0 radical (unpaired) electrons. The van der Waals surface area contributed by atoms with Crippen LogP contribution in [-0.4, -0.2) is 49.7 Å². The van der Waals surface area contributed by atoms with Gasteiger partial charge in [0.05, 0.1) is 12.2 Å². The third-order valence-corrected chi connectivity index (χ3v) is 4.70. The summed E-state index contributed by atoms with van der Waals surface area (Å²) >= 11 is 0. The number of rotatable bonds is 5. The number of benzene rings is 2. The van der Waals surface area contributed by atoms with E-state index in [4.69, 9.17) is 4.74 Å². The Kier molecular flexibility index (Phi) is 6.47. The maximum absolute atomic E-state index is 13.6. The minimum atomic E-state index is -0.328. The second-order valence-electron chi connectivity index (χ2n) is 6.49. The van der Waals surface area contributed by atoms with Crippen LogP contribution in [0.5, 0.6) is 0 Å².